The molecule has 0 saturated heterocycles. The molecule has 0 aliphatic heterocycles. The Labute approximate surface area is 178 Å². The van der Waals surface area contributed by atoms with Crippen LogP contribution in [0.15, 0.2) is 0 Å². The zero-order valence-corrected chi connectivity index (χ0v) is 18.2. The summed E-state index contributed by atoms with van der Waals surface area (Å²) in [6.45, 7) is 0.567. The third-order valence-corrected chi connectivity index (χ3v) is 5.28. The van der Waals surface area contributed by atoms with Crippen LogP contribution in [0, 0.1) is 14.3 Å². The van der Waals surface area contributed by atoms with Gasteiger partial charge in [0.2, 0.25) is 17.7 Å². The Morgan fingerprint density at radius 3 is 1.58 bits per heavy atom. The van der Waals surface area contributed by atoms with E-state index in [0.29, 0.717) is 0 Å². The van der Waals surface area contributed by atoms with Crippen molar-refractivity contribution in [1.29, 1.82) is 0 Å². The van der Waals surface area contributed by atoms with Gasteiger partial charge in [-0.25, -0.2) is 5.84 Å². The van der Waals surface area contributed by atoms with E-state index in [2.05, 4.69) is 3.53 Å². The number of aromatic nitrogens is 3. The number of carbonyl (C=O) groups is 3. The molecule has 0 unspecified atom stereocenters. The van der Waals surface area contributed by atoms with Gasteiger partial charge in [-0.3, -0.25) is 37.0 Å². The molecule has 6 N–H and O–H groups in total. The predicted octanol–water partition coefficient (Wildman–Crippen LogP) is 0.391. The highest BCUT2D eigenvalue weighted by Crippen LogP contribution is 2.07. The van der Waals surface area contributed by atoms with Crippen LogP contribution < -0.4 is 20.5 Å². The van der Waals surface area contributed by atoms with Gasteiger partial charge in [0.05, 0.1) is 22.9 Å². The molecular formula is C12H18IN7O3S3. The second kappa shape index (κ2) is 10.8. The molecule has 1 aromatic rings. The Morgan fingerprint density at radius 1 is 0.846 bits per heavy atom. The van der Waals surface area contributed by atoms with E-state index in [-0.39, 0.29) is 65.0 Å². The highest BCUT2D eigenvalue weighted by Gasteiger charge is 2.12. The SMILES string of the molecule is NNC(=O)CCn1c(=S)n(CCC(N)=O)c(=S)n(CCC(=O)NI)c1=S. The fraction of sp³-hybridized carbons (Fsp3) is 0.500. The number of nitrogens with one attached hydrogen (secondary N) is 2. The summed E-state index contributed by atoms with van der Waals surface area (Å²) >= 11 is 18.0. The van der Waals surface area contributed by atoms with Crippen molar-refractivity contribution in [2.24, 2.45) is 11.6 Å². The Hall–Kier alpha value is -1.23. The van der Waals surface area contributed by atoms with Gasteiger partial charge in [0.15, 0.2) is 14.3 Å². The molecule has 1 rings (SSSR count). The molecule has 1 aromatic heterocycles. The molecule has 0 bridgehead atoms. The predicted molar refractivity (Wildman–Crippen MR) is 110 cm³/mol. The molecule has 0 fully saturated rings. The summed E-state index contributed by atoms with van der Waals surface area (Å²) < 4.78 is 7.95. The second-order valence-electron chi connectivity index (χ2n) is 5.10. The number of carbonyl (C=O) groups excluding carboxylic acids is 3. The number of hydrogen-bond acceptors (Lipinski definition) is 7. The molecule has 0 aromatic carbocycles. The summed E-state index contributed by atoms with van der Waals surface area (Å²) in [5, 5.41) is 0. The third kappa shape index (κ3) is 6.19. The van der Waals surface area contributed by atoms with Gasteiger partial charge in [-0.05, 0) is 36.7 Å². The number of amides is 3. The van der Waals surface area contributed by atoms with Crippen LogP contribution >= 0.6 is 59.5 Å². The van der Waals surface area contributed by atoms with Crippen LogP contribution in [-0.4, -0.2) is 31.4 Å². The zero-order chi connectivity index (χ0) is 19.9. The van der Waals surface area contributed by atoms with Crippen molar-refractivity contribution in [2.45, 2.75) is 38.9 Å². The molecule has 0 aliphatic rings. The minimum absolute atomic E-state index is 0.0340. The maximum Gasteiger partial charge on any atom is 0.235 e. The number of primary amides is 1. The van der Waals surface area contributed by atoms with Gasteiger partial charge in [-0.2, -0.15) is 0 Å². The molecule has 10 nitrogen and oxygen atoms in total. The average Bonchev–Trinajstić information content (AvgIpc) is 2.60. The largest absolute Gasteiger partial charge is 0.370 e. The molecule has 3 amide bonds. The van der Waals surface area contributed by atoms with Crippen LogP contribution in [0.3, 0.4) is 0 Å². The van der Waals surface area contributed by atoms with Crippen molar-refractivity contribution in [3.05, 3.63) is 14.3 Å². The van der Waals surface area contributed by atoms with Crippen LogP contribution in [0.5, 0.6) is 0 Å². The van der Waals surface area contributed by atoms with Crippen molar-refractivity contribution in [3.8, 4) is 0 Å². The average molecular weight is 531 g/mol. The van der Waals surface area contributed by atoms with Crippen molar-refractivity contribution in [3.63, 3.8) is 0 Å². The van der Waals surface area contributed by atoms with Gasteiger partial charge in [0.1, 0.15) is 0 Å². The smallest absolute Gasteiger partial charge is 0.235 e. The first-order valence-electron chi connectivity index (χ1n) is 7.34. The Balaban J connectivity index is 3.40. The minimum Gasteiger partial charge on any atom is -0.370 e. The molecule has 0 aliphatic carbocycles. The molecule has 14 heteroatoms. The van der Waals surface area contributed by atoms with Gasteiger partial charge in [0.25, 0.3) is 0 Å². The summed E-state index contributed by atoms with van der Waals surface area (Å²) in [6, 6.07) is 0. The molecule has 144 valence electrons. The fourth-order valence-corrected chi connectivity index (χ4v) is 3.53. The van der Waals surface area contributed by atoms with E-state index < -0.39 is 5.91 Å². The Morgan fingerprint density at radius 2 is 1.23 bits per heavy atom. The van der Waals surface area contributed by atoms with Crippen molar-refractivity contribution in [2.75, 3.05) is 0 Å². The van der Waals surface area contributed by atoms with Crippen LogP contribution in [-0.2, 0) is 34.0 Å². The lowest BCUT2D eigenvalue weighted by Gasteiger charge is -2.18. The quantitative estimate of drug-likeness (QED) is 0.0902. The molecule has 0 radical (unpaired) electrons. The van der Waals surface area contributed by atoms with Gasteiger partial charge < -0.3 is 5.73 Å². The fourth-order valence-electron chi connectivity index (χ4n) is 2.02. The molecule has 1 heterocycles. The van der Waals surface area contributed by atoms with Crippen LogP contribution in [0.1, 0.15) is 19.3 Å². The molecule has 0 atom stereocenters. The molecular weight excluding hydrogens is 513 g/mol. The van der Waals surface area contributed by atoms with E-state index in [1.54, 1.807) is 32.0 Å². The van der Waals surface area contributed by atoms with E-state index in [0.717, 1.165) is 0 Å². The topological polar surface area (TPSA) is 142 Å². The lowest BCUT2D eigenvalue weighted by atomic mass is 10.4. The summed E-state index contributed by atoms with van der Waals surface area (Å²) in [7, 11) is 0. The first-order chi connectivity index (χ1) is 12.2. The van der Waals surface area contributed by atoms with E-state index in [1.807, 2.05) is 5.43 Å². The van der Waals surface area contributed by atoms with Crippen molar-refractivity contribution >= 4 is 77.2 Å². The maximum absolute atomic E-state index is 11.6. The van der Waals surface area contributed by atoms with Crippen LogP contribution in [0.2, 0.25) is 0 Å². The van der Waals surface area contributed by atoms with E-state index in [1.165, 1.54) is 4.57 Å². The van der Waals surface area contributed by atoms with Gasteiger partial charge in [0, 0.05) is 38.9 Å². The number of rotatable bonds is 9. The van der Waals surface area contributed by atoms with Crippen LogP contribution in [0.25, 0.3) is 0 Å². The molecule has 0 saturated carbocycles. The third-order valence-electron chi connectivity index (χ3n) is 3.36. The van der Waals surface area contributed by atoms with E-state index in [4.69, 9.17) is 48.2 Å². The van der Waals surface area contributed by atoms with Gasteiger partial charge in [-0.1, -0.05) is 0 Å². The van der Waals surface area contributed by atoms with Gasteiger partial charge >= 0.3 is 0 Å². The lowest BCUT2D eigenvalue weighted by Crippen LogP contribution is -2.31. The second-order valence-corrected chi connectivity index (χ2v) is 6.74. The first-order valence-corrected chi connectivity index (χ1v) is 9.65. The number of hydrazine groups is 1. The zero-order valence-electron chi connectivity index (χ0n) is 13.6. The summed E-state index contributed by atoms with van der Waals surface area (Å²) in [6.07, 6.45) is 0.234. The van der Waals surface area contributed by atoms with Gasteiger partial charge in [-0.15, -0.1) is 0 Å². The normalized spacial score (nSPS) is 10.4. The molecule has 0 spiro atoms. The standard InChI is InChI=1S/C12H18IN7O3S3/c13-16-8(22)2-5-19-10(24)18(4-1-7(14)21)11(25)20(12(19)26)6-3-9(23)17-15/h1-6,15H2,(H2,14,21)(H,16,22)(H,17,23). The summed E-state index contributed by atoms with van der Waals surface area (Å²) in [5.41, 5.74) is 7.24. The highest BCUT2D eigenvalue weighted by atomic mass is 127. The Kier molecular flexibility index (Phi) is 9.48. The van der Waals surface area contributed by atoms with Crippen LogP contribution in [0.4, 0.5) is 0 Å². The lowest BCUT2D eigenvalue weighted by molar-refractivity contribution is -0.121. The van der Waals surface area contributed by atoms with Crippen molar-refractivity contribution < 1.29 is 14.4 Å². The van der Waals surface area contributed by atoms with E-state index >= 15 is 0 Å². The minimum atomic E-state index is -0.506. The maximum atomic E-state index is 11.6. The first kappa shape index (κ1) is 22.8. The van der Waals surface area contributed by atoms with E-state index in [9.17, 15) is 14.4 Å². The Bertz CT molecular complexity index is 818. The number of halogens is 1. The summed E-state index contributed by atoms with van der Waals surface area (Å²) in [4.78, 5) is 34.1. The number of nitrogens with two attached hydrogens (primary N) is 2. The van der Waals surface area contributed by atoms with Crippen molar-refractivity contribution in [1.82, 2.24) is 22.7 Å². The monoisotopic (exact) mass is 531 g/mol. The molecule has 26 heavy (non-hydrogen) atoms. The summed E-state index contributed by atoms with van der Waals surface area (Å²) in [5.74, 6) is 4.00. The highest BCUT2D eigenvalue weighted by molar-refractivity contribution is 14.1. The number of hydrogen-bond donors (Lipinski definition) is 4. The number of nitrogens with zero attached hydrogens (tertiary/aromatic N) is 3.